The van der Waals surface area contributed by atoms with E-state index in [1.807, 2.05) is 31.2 Å². The molecule has 3 aromatic carbocycles. The molecule has 4 atom stereocenters. The SMILES string of the molecule is C[C@]12CC[C@](CCOc3ccc(C#N)c(F)c3)(O1)[C@@H]1C(=O)N(c3ccc(C#N)c4ccccc34)C(=O)[C@@H]12. The number of carbonyl (C=O) groups excluding carboxylic acids is 2. The van der Waals surface area contributed by atoms with Crippen LogP contribution in [0, 0.1) is 40.3 Å². The van der Waals surface area contributed by atoms with Crippen LogP contribution >= 0.6 is 0 Å². The van der Waals surface area contributed by atoms with Gasteiger partial charge in [0.05, 0.1) is 52.5 Å². The number of hydrogen-bond acceptors (Lipinski definition) is 6. The van der Waals surface area contributed by atoms with Crippen LogP contribution in [0.1, 0.15) is 37.3 Å². The van der Waals surface area contributed by atoms with Gasteiger partial charge in [-0.05, 0) is 44.0 Å². The van der Waals surface area contributed by atoms with E-state index in [1.54, 1.807) is 18.2 Å². The van der Waals surface area contributed by atoms with Crippen molar-refractivity contribution in [2.75, 3.05) is 11.5 Å². The summed E-state index contributed by atoms with van der Waals surface area (Å²) >= 11 is 0. The Kier molecular flexibility index (Phi) is 5.08. The maximum absolute atomic E-state index is 14.0. The number of hydrogen-bond donors (Lipinski definition) is 0. The first-order chi connectivity index (χ1) is 17.8. The lowest BCUT2D eigenvalue weighted by Crippen LogP contribution is -2.43. The highest BCUT2D eigenvalue weighted by molar-refractivity contribution is 6.26. The van der Waals surface area contributed by atoms with E-state index in [4.69, 9.17) is 14.7 Å². The molecular weight excluding hydrogens is 473 g/mol. The summed E-state index contributed by atoms with van der Waals surface area (Å²) in [6.07, 6.45) is 1.60. The predicted molar refractivity (Wildman–Crippen MR) is 131 cm³/mol. The highest BCUT2D eigenvalue weighted by Crippen LogP contribution is 2.62. The summed E-state index contributed by atoms with van der Waals surface area (Å²) in [4.78, 5) is 29.0. The van der Waals surface area contributed by atoms with E-state index < -0.39 is 28.9 Å². The Bertz CT molecular complexity index is 1570. The highest BCUT2D eigenvalue weighted by Gasteiger charge is 2.73. The molecule has 2 amide bonds. The molecule has 0 N–H and O–H groups in total. The van der Waals surface area contributed by atoms with Gasteiger partial charge in [0.25, 0.3) is 0 Å². The van der Waals surface area contributed by atoms with Crippen LogP contribution in [0.5, 0.6) is 5.75 Å². The minimum absolute atomic E-state index is 0.0649. The van der Waals surface area contributed by atoms with Crippen LogP contribution in [-0.2, 0) is 14.3 Å². The molecule has 7 nitrogen and oxygen atoms in total. The number of imide groups is 1. The normalized spacial score (nSPS) is 27.8. The lowest BCUT2D eigenvalue weighted by Gasteiger charge is -2.31. The Morgan fingerprint density at radius 1 is 1.00 bits per heavy atom. The number of ether oxygens (including phenoxy) is 2. The molecule has 0 unspecified atom stereocenters. The van der Waals surface area contributed by atoms with Crippen LogP contribution in [0.4, 0.5) is 10.1 Å². The molecule has 3 fully saturated rings. The van der Waals surface area contributed by atoms with E-state index >= 15 is 0 Å². The first kappa shape index (κ1) is 23.1. The number of halogens is 1. The van der Waals surface area contributed by atoms with Crippen molar-refractivity contribution in [3.05, 3.63) is 71.5 Å². The highest BCUT2D eigenvalue weighted by atomic mass is 19.1. The molecule has 3 aromatic rings. The van der Waals surface area contributed by atoms with Gasteiger partial charge in [-0.2, -0.15) is 10.5 Å². The molecule has 0 aliphatic carbocycles. The molecule has 3 aliphatic rings. The first-order valence-corrected chi connectivity index (χ1v) is 12.1. The maximum Gasteiger partial charge on any atom is 0.240 e. The second-order valence-corrected chi connectivity index (χ2v) is 10.1. The number of nitriles is 2. The molecule has 2 bridgehead atoms. The number of nitrogens with zero attached hydrogens (tertiary/aromatic N) is 3. The summed E-state index contributed by atoms with van der Waals surface area (Å²) in [6.45, 7) is 2.05. The van der Waals surface area contributed by atoms with Crippen LogP contribution in [-0.4, -0.2) is 29.6 Å². The Hall–Kier alpha value is -4.27. The second kappa shape index (κ2) is 8.12. The Morgan fingerprint density at radius 3 is 2.43 bits per heavy atom. The average Bonchev–Trinajstić information content (AvgIpc) is 3.48. The van der Waals surface area contributed by atoms with Gasteiger partial charge in [0.2, 0.25) is 11.8 Å². The molecule has 0 spiro atoms. The van der Waals surface area contributed by atoms with Crippen molar-refractivity contribution in [3.8, 4) is 17.9 Å². The van der Waals surface area contributed by atoms with Crippen LogP contribution in [0.15, 0.2) is 54.6 Å². The molecule has 8 heteroatoms. The zero-order valence-electron chi connectivity index (χ0n) is 20.0. The number of amides is 2. The van der Waals surface area contributed by atoms with Crippen LogP contribution in [0.2, 0.25) is 0 Å². The number of anilines is 1. The van der Waals surface area contributed by atoms with Gasteiger partial charge < -0.3 is 9.47 Å². The summed E-state index contributed by atoms with van der Waals surface area (Å²) in [6, 6.07) is 18.6. The van der Waals surface area contributed by atoms with Gasteiger partial charge in [0, 0.05) is 23.3 Å². The molecule has 3 heterocycles. The average molecular weight is 496 g/mol. The topological polar surface area (TPSA) is 103 Å². The van der Waals surface area contributed by atoms with Gasteiger partial charge in [-0.3, -0.25) is 9.59 Å². The number of fused-ring (bicyclic) bond motifs is 6. The lowest BCUT2D eigenvalue weighted by atomic mass is 9.67. The molecule has 6 rings (SSSR count). The molecule has 3 saturated heterocycles. The van der Waals surface area contributed by atoms with Gasteiger partial charge in [0.1, 0.15) is 17.6 Å². The van der Waals surface area contributed by atoms with Crippen LogP contribution in [0.25, 0.3) is 10.8 Å². The van der Waals surface area contributed by atoms with Gasteiger partial charge >= 0.3 is 0 Å². The first-order valence-electron chi connectivity index (χ1n) is 12.1. The van der Waals surface area contributed by atoms with Gasteiger partial charge in [-0.15, -0.1) is 0 Å². The van der Waals surface area contributed by atoms with Crippen molar-refractivity contribution >= 4 is 28.3 Å². The predicted octanol–water partition coefficient (Wildman–Crippen LogP) is 4.62. The molecule has 0 radical (unpaired) electrons. The second-order valence-electron chi connectivity index (χ2n) is 10.1. The van der Waals surface area contributed by atoms with E-state index in [0.717, 1.165) is 6.07 Å². The molecule has 184 valence electrons. The fourth-order valence-corrected chi connectivity index (χ4v) is 6.44. The van der Waals surface area contributed by atoms with Crippen molar-refractivity contribution in [2.45, 2.75) is 37.4 Å². The maximum atomic E-state index is 14.0. The quantitative estimate of drug-likeness (QED) is 0.479. The molecular formula is C29H22FN3O4. The van der Waals surface area contributed by atoms with Gasteiger partial charge in [-0.1, -0.05) is 24.3 Å². The lowest BCUT2D eigenvalue weighted by molar-refractivity contribution is -0.131. The van der Waals surface area contributed by atoms with Crippen LogP contribution < -0.4 is 9.64 Å². The van der Waals surface area contributed by atoms with E-state index in [-0.39, 0.29) is 29.7 Å². The number of rotatable bonds is 5. The summed E-state index contributed by atoms with van der Waals surface area (Å²) in [7, 11) is 0. The molecule has 3 aliphatic heterocycles. The minimum atomic E-state index is -0.867. The fourth-order valence-electron chi connectivity index (χ4n) is 6.44. The van der Waals surface area contributed by atoms with E-state index in [0.29, 0.717) is 41.3 Å². The number of benzene rings is 3. The van der Waals surface area contributed by atoms with E-state index in [1.165, 1.54) is 17.0 Å². The van der Waals surface area contributed by atoms with E-state index in [9.17, 15) is 19.2 Å². The van der Waals surface area contributed by atoms with Crippen LogP contribution in [0.3, 0.4) is 0 Å². The zero-order chi connectivity index (χ0) is 25.9. The summed E-state index contributed by atoms with van der Waals surface area (Å²) in [5.74, 6) is -2.25. The standard InChI is InChI=1S/C29H22FN3O4/c1-28-10-11-29(37-28,12-13-36-19-8-6-18(16-32)22(30)14-19)25-24(28)26(34)33(27(25)35)23-9-7-17(15-31)20-4-2-3-5-21(20)23/h2-9,14,24-25H,10-13H2,1H3/t24-,25+,28-,29-/m1/s1. The third-order valence-corrected chi connectivity index (χ3v) is 8.13. The summed E-state index contributed by atoms with van der Waals surface area (Å²) in [5, 5.41) is 19.8. The van der Waals surface area contributed by atoms with Crippen molar-refractivity contribution in [1.29, 1.82) is 10.5 Å². The summed E-state index contributed by atoms with van der Waals surface area (Å²) in [5.41, 5.74) is -0.753. The molecule has 37 heavy (non-hydrogen) atoms. The van der Waals surface area contributed by atoms with Gasteiger partial charge in [0.15, 0.2) is 0 Å². The fraction of sp³-hybridized carbons (Fsp3) is 0.310. The van der Waals surface area contributed by atoms with Crippen molar-refractivity contribution < 1.29 is 23.5 Å². The Morgan fingerprint density at radius 2 is 1.70 bits per heavy atom. The van der Waals surface area contributed by atoms with Crippen molar-refractivity contribution in [1.82, 2.24) is 0 Å². The molecule has 0 saturated carbocycles. The Balaban J connectivity index is 1.31. The summed E-state index contributed by atoms with van der Waals surface area (Å²) < 4.78 is 26.2. The number of carbonyl (C=O) groups is 2. The monoisotopic (exact) mass is 495 g/mol. The van der Waals surface area contributed by atoms with Gasteiger partial charge in [-0.25, -0.2) is 9.29 Å². The van der Waals surface area contributed by atoms with Crippen molar-refractivity contribution in [3.63, 3.8) is 0 Å². The third-order valence-electron chi connectivity index (χ3n) is 8.13. The van der Waals surface area contributed by atoms with Crippen molar-refractivity contribution in [2.24, 2.45) is 11.8 Å². The smallest absolute Gasteiger partial charge is 0.240 e. The third kappa shape index (κ3) is 3.26. The van der Waals surface area contributed by atoms with E-state index in [2.05, 4.69) is 6.07 Å². The largest absolute Gasteiger partial charge is 0.493 e. The molecule has 0 aromatic heterocycles. The Labute approximate surface area is 212 Å². The minimum Gasteiger partial charge on any atom is -0.493 e. The zero-order valence-corrected chi connectivity index (χ0v) is 20.0.